The van der Waals surface area contributed by atoms with E-state index in [0.29, 0.717) is 86.8 Å². The molecule has 17 N–H and O–H groups in total. The highest BCUT2D eigenvalue weighted by molar-refractivity contribution is 6.03. The molecule has 83 heavy (non-hydrogen) atoms. The Morgan fingerprint density at radius 1 is 0.422 bits per heavy atom. The predicted octanol–water partition coefficient (Wildman–Crippen LogP) is 2.43. The van der Waals surface area contributed by atoms with Crippen LogP contribution in [0, 0.1) is 0 Å². The molecule has 4 atom stereocenters. The van der Waals surface area contributed by atoms with Crippen molar-refractivity contribution in [1.29, 1.82) is 0 Å². The van der Waals surface area contributed by atoms with Crippen LogP contribution in [0.2, 0.25) is 0 Å². The third kappa shape index (κ3) is 21.2. The fourth-order valence-corrected chi connectivity index (χ4v) is 9.30. The number of unbranched alkanes of at least 4 members (excludes halogenated alkanes) is 3. The summed E-state index contributed by atoms with van der Waals surface area (Å²) in [6, 6.07) is 14.9. The van der Waals surface area contributed by atoms with E-state index >= 15 is 0 Å². The molecule has 0 aliphatic carbocycles. The third-order valence-electron chi connectivity index (χ3n) is 13.9. The van der Waals surface area contributed by atoms with E-state index in [9.17, 15) is 38.4 Å². The van der Waals surface area contributed by atoms with Gasteiger partial charge in [0.1, 0.15) is 23.0 Å². The van der Waals surface area contributed by atoms with Crippen LogP contribution in [0.25, 0.3) is 0 Å². The van der Waals surface area contributed by atoms with E-state index in [2.05, 4.69) is 20.9 Å². The first kappa shape index (κ1) is 67.3. The molecule has 0 aliphatic rings. The molecule has 0 saturated heterocycles. The fourth-order valence-electron chi connectivity index (χ4n) is 9.30. The number of nitrogens with two attached hydrogens (primary N) is 7. The molecule has 4 aromatic rings. The fraction of sp³-hybridized carbons (Fsp3) is 0.450. The minimum absolute atomic E-state index is 0.0252. The number of guanidine groups is 1. The summed E-state index contributed by atoms with van der Waals surface area (Å²) in [5.74, 6) is -3.39. The number of nitrogens with zero attached hydrogens (tertiary/aromatic N) is 1. The lowest BCUT2D eigenvalue weighted by molar-refractivity contribution is -0.121. The molecule has 0 heterocycles. The normalized spacial score (nSPS) is 12.4. The largest absolute Gasteiger partial charge is 0.496 e. The molecule has 23 heteroatoms. The molecular weight excluding hydrogens is 1070 g/mol. The highest BCUT2D eigenvalue weighted by Gasteiger charge is 2.29. The van der Waals surface area contributed by atoms with Gasteiger partial charge in [-0.05, 0) is 155 Å². The zero-order chi connectivity index (χ0) is 61.0. The number of amides is 4. The van der Waals surface area contributed by atoms with Crippen LogP contribution in [-0.2, 0) is 44.9 Å². The van der Waals surface area contributed by atoms with Crippen LogP contribution in [0.3, 0.4) is 0 Å². The zero-order valence-electron chi connectivity index (χ0n) is 48.1. The Morgan fingerprint density at radius 2 is 0.723 bits per heavy atom. The van der Waals surface area contributed by atoms with Crippen LogP contribution >= 0.6 is 0 Å². The Bertz CT molecular complexity index is 2910. The smallest absolute Gasteiger partial charge is 0.255 e. The summed E-state index contributed by atoms with van der Waals surface area (Å²) in [5, 5.41) is 8.55. The van der Waals surface area contributed by atoms with Gasteiger partial charge in [0.2, 0.25) is 0 Å². The van der Waals surface area contributed by atoms with Crippen molar-refractivity contribution >= 4 is 52.7 Å². The first-order chi connectivity index (χ1) is 39.8. The number of hydrogen-bond donors (Lipinski definition) is 10. The topological polar surface area (TPSA) is 404 Å². The van der Waals surface area contributed by atoms with Crippen molar-refractivity contribution in [2.75, 3.05) is 54.6 Å². The zero-order valence-corrected chi connectivity index (χ0v) is 48.1. The number of carbonyl (C=O) groups is 8. The molecule has 0 radical (unpaired) electrons. The minimum Gasteiger partial charge on any atom is -0.496 e. The number of primary amides is 1. The van der Waals surface area contributed by atoms with Crippen LogP contribution in [0.15, 0.2) is 77.8 Å². The number of ketones is 4. The van der Waals surface area contributed by atoms with Crippen LogP contribution < -0.4 is 75.0 Å². The summed E-state index contributed by atoms with van der Waals surface area (Å²) in [6.07, 6.45) is 4.31. The Labute approximate surface area is 484 Å². The van der Waals surface area contributed by atoms with Crippen LogP contribution in [0.5, 0.6) is 23.0 Å². The summed E-state index contributed by atoms with van der Waals surface area (Å²) >= 11 is 0. The quantitative estimate of drug-likeness (QED) is 0.0174. The number of Topliss-reactive ketones (excluding diaryl/α,β-unsaturated/α-hetero) is 4. The van der Waals surface area contributed by atoms with Crippen molar-refractivity contribution in [2.45, 2.75) is 120 Å². The molecule has 0 aromatic heterocycles. The van der Waals surface area contributed by atoms with Gasteiger partial charge in [0, 0.05) is 32.2 Å². The van der Waals surface area contributed by atoms with Gasteiger partial charge in [-0.25, -0.2) is 0 Å². The number of hydrogen-bond acceptors (Lipinski definition) is 17. The second-order valence-electron chi connectivity index (χ2n) is 20.1. The van der Waals surface area contributed by atoms with Gasteiger partial charge in [0.05, 0.1) is 74.9 Å². The van der Waals surface area contributed by atoms with Crippen molar-refractivity contribution in [2.24, 2.45) is 45.1 Å². The summed E-state index contributed by atoms with van der Waals surface area (Å²) in [5.41, 5.74) is 42.1. The second kappa shape index (κ2) is 34.9. The molecule has 4 aromatic carbocycles. The molecule has 0 saturated carbocycles. The average molecular weight is 1150 g/mol. The van der Waals surface area contributed by atoms with Gasteiger partial charge in [-0.1, -0.05) is 30.7 Å². The molecule has 23 nitrogen and oxygen atoms in total. The molecular formula is C60H83N11O12. The number of benzene rings is 4. The molecule has 0 aliphatic heterocycles. The molecule has 4 amide bonds. The monoisotopic (exact) mass is 1150 g/mol. The summed E-state index contributed by atoms with van der Waals surface area (Å²) in [7, 11) is 5.54. The highest BCUT2D eigenvalue weighted by atomic mass is 16.5. The summed E-state index contributed by atoms with van der Waals surface area (Å²) in [6.45, 7) is 1.36. The van der Waals surface area contributed by atoms with E-state index in [1.807, 2.05) is 0 Å². The number of nitrogens with one attached hydrogen (secondary N) is 3. The Hall–Kier alpha value is -8.25. The number of carbonyl (C=O) groups excluding carboxylic acids is 8. The number of aliphatic imine (C=N–C) groups is 1. The minimum atomic E-state index is -1.08. The van der Waals surface area contributed by atoms with Gasteiger partial charge in [-0.3, -0.25) is 43.3 Å². The number of rotatable bonds is 39. The molecule has 0 unspecified atom stereocenters. The summed E-state index contributed by atoms with van der Waals surface area (Å²) < 4.78 is 21.9. The molecule has 0 bridgehead atoms. The standard InChI is InChI=1S/C60H83N11O12/c1-80-52-20-16-36(28-40(52)56(65)76)33-49(73)45(13-6-9-25-62)69-57(77)42-30-38(18-22-54(42)82-3)34-50(74)46(14-7-10-26-63)70-58(78)43-31-39(19-23-55(43)83-4)35-51(75)47(15-11-27-68-60(66)67)71-59(79)41-29-37(17-21-53(41)81-2)32-48(72)44(64)12-5-8-24-61/h16-23,28-31,44-47H,5-15,24-27,32-35,61-64H2,1-4H3,(H2,65,76)(H,69,77)(H,70,78)(H,71,79)(H4,66,67,68)/t44-,45-,46-,47-/m1/s1. The van der Waals surface area contributed by atoms with Crippen molar-refractivity contribution in [1.82, 2.24) is 16.0 Å². The van der Waals surface area contributed by atoms with E-state index < -0.39 is 59.4 Å². The van der Waals surface area contributed by atoms with Crippen molar-refractivity contribution in [3.8, 4) is 23.0 Å². The van der Waals surface area contributed by atoms with E-state index in [1.165, 1.54) is 64.8 Å². The second-order valence-corrected chi connectivity index (χ2v) is 20.1. The van der Waals surface area contributed by atoms with Gasteiger partial charge < -0.3 is 75.0 Å². The van der Waals surface area contributed by atoms with Crippen LogP contribution in [0.1, 0.15) is 134 Å². The maximum atomic E-state index is 14.3. The number of methoxy groups -OCH3 is 4. The van der Waals surface area contributed by atoms with Crippen molar-refractivity contribution < 1.29 is 57.3 Å². The highest BCUT2D eigenvalue weighted by Crippen LogP contribution is 2.26. The molecule has 0 spiro atoms. The number of ether oxygens (including phenoxy) is 4. The lowest BCUT2D eigenvalue weighted by atomic mass is 9.95. The van der Waals surface area contributed by atoms with Crippen LogP contribution in [0.4, 0.5) is 0 Å². The Kier molecular flexibility index (Phi) is 28.3. The van der Waals surface area contributed by atoms with E-state index in [-0.39, 0.29) is 114 Å². The van der Waals surface area contributed by atoms with Crippen LogP contribution in [-0.4, -0.2) is 132 Å². The maximum Gasteiger partial charge on any atom is 0.255 e. The van der Waals surface area contributed by atoms with Gasteiger partial charge in [0.15, 0.2) is 29.1 Å². The summed E-state index contributed by atoms with van der Waals surface area (Å²) in [4.78, 5) is 114. The van der Waals surface area contributed by atoms with E-state index in [4.69, 9.17) is 59.1 Å². The Morgan fingerprint density at radius 3 is 1.04 bits per heavy atom. The van der Waals surface area contributed by atoms with Gasteiger partial charge >= 0.3 is 0 Å². The first-order valence-electron chi connectivity index (χ1n) is 27.7. The van der Waals surface area contributed by atoms with Gasteiger partial charge in [-0.15, -0.1) is 0 Å². The van der Waals surface area contributed by atoms with Gasteiger partial charge in [-0.2, -0.15) is 0 Å². The lowest BCUT2D eigenvalue weighted by Gasteiger charge is -2.21. The lowest BCUT2D eigenvalue weighted by Crippen LogP contribution is -2.42. The first-order valence-corrected chi connectivity index (χ1v) is 27.7. The third-order valence-corrected chi connectivity index (χ3v) is 13.9. The maximum absolute atomic E-state index is 14.3. The predicted molar refractivity (Wildman–Crippen MR) is 316 cm³/mol. The average Bonchev–Trinajstić information content (AvgIpc) is 3.54. The van der Waals surface area contributed by atoms with Crippen molar-refractivity contribution in [3.05, 3.63) is 117 Å². The molecule has 0 fully saturated rings. The van der Waals surface area contributed by atoms with Crippen molar-refractivity contribution in [3.63, 3.8) is 0 Å². The Balaban J connectivity index is 1.57. The molecule has 4 rings (SSSR count). The SMILES string of the molecule is COc1ccc(CC(=O)[C@@H](CCCCN)NC(=O)c2cc(CC(=O)[C@@H](CCCCN)NC(=O)c3cc(CC(=O)[C@@H](CCCN=C(N)N)NC(=O)c4cc(CC(=O)[C@H](N)CCCCN)ccc4OC)ccc3OC)ccc2OC)cc1C(N)=O. The van der Waals surface area contributed by atoms with Gasteiger partial charge in [0.25, 0.3) is 23.6 Å². The van der Waals surface area contributed by atoms with E-state index in [1.54, 1.807) is 36.4 Å². The molecule has 450 valence electrons. The van der Waals surface area contributed by atoms with E-state index in [0.717, 1.165) is 6.42 Å².